The molecule has 0 aliphatic carbocycles. The third-order valence-corrected chi connectivity index (χ3v) is 2.06. The number of hydrogen-bond donors (Lipinski definition) is 1. The van der Waals surface area contributed by atoms with Gasteiger partial charge in [-0.3, -0.25) is 4.79 Å². The van der Waals surface area contributed by atoms with Gasteiger partial charge >= 0.3 is 6.18 Å². The van der Waals surface area contributed by atoms with Gasteiger partial charge in [-0.05, 0) is 26.0 Å². The Hall–Kier alpha value is -1.36. The lowest BCUT2D eigenvalue weighted by Crippen LogP contribution is -2.41. The molecule has 0 saturated carbocycles. The number of rotatable bonds is 2. The van der Waals surface area contributed by atoms with Crippen LogP contribution in [0.3, 0.4) is 0 Å². The fourth-order valence-electron chi connectivity index (χ4n) is 1.18. The van der Waals surface area contributed by atoms with Gasteiger partial charge in [0.2, 0.25) is 0 Å². The summed E-state index contributed by atoms with van der Waals surface area (Å²) in [6.07, 6.45) is -4.39. The zero-order valence-electron chi connectivity index (χ0n) is 8.93. The third kappa shape index (κ3) is 2.82. The van der Waals surface area contributed by atoms with Crippen molar-refractivity contribution in [3.05, 3.63) is 35.4 Å². The van der Waals surface area contributed by atoms with Crippen LogP contribution in [0.1, 0.15) is 29.8 Å². The maximum absolute atomic E-state index is 12.2. The van der Waals surface area contributed by atoms with Crippen LogP contribution < -0.4 is 5.73 Å². The van der Waals surface area contributed by atoms with Gasteiger partial charge in [0.25, 0.3) is 0 Å². The Morgan fingerprint density at radius 3 is 1.88 bits per heavy atom. The molecule has 0 fully saturated rings. The molecular formula is C11H12F3NO. The molecule has 88 valence electrons. The van der Waals surface area contributed by atoms with Crippen LogP contribution in [0.4, 0.5) is 13.2 Å². The van der Waals surface area contributed by atoms with E-state index in [9.17, 15) is 18.0 Å². The molecule has 2 nitrogen and oxygen atoms in total. The van der Waals surface area contributed by atoms with Crippen molar-refractivity contribution in [2.45, 2.75) is 25.6 Å². The molecule has 16 heavy (non-hydrogen) atoms. The van der Waals surface area contributed by atoms with Crippen molar-refractivity contribution in [2.75, 3.05) is 0 Å². The topological polar surface area (TPSA) is 43.1 Å². The number of Topliss-reactive ketones (excluding diaryl/α,β-unsaturated/α-hetero) is 1. The number of nitrogens with two attached hydrogens (primary N) is 1. The summed E-state index contributed by atoms with van der Waals surface area (Å²) in [6.45, 7) is 3.01. The van der Waals surface area contributed by atoms with Gasteiger partial charge in [0.15, 0.2) is 5.78 Å². The monoisotopic (exact) mass is 231 g/mol. The molecule has 0 heterocycles. The largest absolute Gasteiger partial charge is 0.416 e. The second-order valence-corrected chi connectivity index (χ2v) is 4.13. The average molecular weight is 231 g/mol. The van der Waals surface area contributed by atoms with Crippen molar-refractivity contribution >= 4 is 5.78 Å². The maximum Gasteiger partial charge on any atom is 0.416 e. The first-order valence-electron chi connectivity index (χ1n) is 4.63. The summed E-state index contributed by atoms with van der Waals surface area (Å²) in [4.78, 5) is 11.6. The third-order valence-electron chi connectivity index (χ3n) is 2.06. The second-order valence-electron chi connectivity index (χ2n) is 4.13. The molecule has 0 radical (unpaired) electrons. The van der Waals surface area contributed by atoms with Crippen molar-refractivity contribution in [2.24, 2.45) is 5.73 Å². The summed E-state index contributed by atoms with van der Waals surface area (Å²) < 4.78 is 36.7. The van der Waals surface area contributed by atoms with Gasteiger partial charge in [0, 0.05) is 5.56 Å². The SMILES string of the molecule is CC(C)(N)C(=O)c1ccc(C(F)(F)F)cc1. The van der Waals surface area contributed by atoms with Crippen molar-refractivity contribution < 1.29 is 18.0 Å². The lowest BCUT2D eigenvalue weighted by atomic mass is 9.94. The quantitative estimate of drug-likeness (QED) is 0.795. The van der Waals surface area contributed by atoms with Crippen LogP contribution in [0.25, 0.3) is 0 Å². The molecule has 0 spiro atoms. The van der Waals surface area contributed by atoms with E-state index in [1.807, 2.05) is 0 Å². The van der Waals surface area contributed by atoms with Crippen molar-refractivity contribution in [3.8, 4) is 0 Å². The molecule has 0 bridgehead atoms. The standard InChI is InChI=1S/C11H12F3NO/c1-10(2,15)9(16)7-3-5-8(6-4-7)11(12,13)14/h3-6H,15H2,1-2H3. The minimum atomic E-state index is -4.39. The van der Waals surface area contributed by atoms with Crippen molar-refractivity contribution in [1.82, 2.24) is 0 Å². The molecule has 2 N–H and O–H groups in total. The molecule has 1 aromatic rings. The first-order chi connectivity index (χ1) is 7.12. The Morgan fingerprint density at radius 1 is 1.12 bits per heavy atom. The fraction of sp³-hybridized carbons (Fsp3) is 0.364. The molecule has 5 heteroatoms. The van der Waals surface area contributed by atoms with Crippen molar-refractivity contribution in [3.63, 3.8) is 0 Å². The van der Waals surface area contributed by atoms with E-state index in [1.165, 1.54) is 13.8 Å². The number of halogens is 3. The van der Waals surface area contributed by atoms with Crippen LogP contribution in [-0.4, -0.2) is 11.3 Å². The average Bonchev–Trinajstić information content (AvgIpc) is 2.14. The molecule has 0 amide bonds. The summed E-state index contributed by atoms with van der Waals surface area (Å²) in [5.41, 5.74) is 3.88. The Labute approximate surface area is 91.3 Å². The minimum Gasteiger partial charge on any atom is -0.319 e. The van der Waals surface area contributed by atoms with E-state index in [0.717, 1.165) is 24.3 Å². The van der Waals surface area contributed by atoms with Crippen LogP contribution in [0, 0.1) is 0 Å². The summed E-state index contributed by atoms with van der Waals surface area (Å²) in [5, 5.41) is 0. The van der Waals surface area contributed by atoms with E-state index in [4.69, 9.17) is 5.73 Å². The normalized spacial score (nSPS) is 12.6. The van der Waals surface area contributed by atoms with E-state index in [-0.39, 0.29) is 11.3 Å². The number of hydrogen-bond acceptors (Lipinski definition) is 2. The zero-order chi connectivity index (χ0) is 12.6. The van der Waals surface area contributed by atoms with E-state index in [0.29, 0.717) is 0 Å². The second kappa shape index (κ2) is 3.90. The molecule has 0 aliphatic heterocycles. The van der Waals surface area contributed by atoms with Gasteiger partial charge in [0.05, 0.1) is 11.1 Å². The highest BCUT2D eigenvalue weighted by Crippen LogP contribution is 2.29. The molecule has 0 atom stereocenters. The number of ketones is 1. The Bertz CT molecular complexity index is 387. The summed E-state index contributed by atoms with van der Waals surface area (Å²) >= 11 is 0. The van der Waals surface area contributed by atoms with Gasteiger partial charge < -0.3 is 5.73 Å². The molecule has 0 aromatic heterocycles. The van der Waals surface area contributed by atoms with Crippen LogP contribution in [0.5, 0.6) is 0 Å². The molecule has 0 saturated heterocycles. The van der Waals surface area contributed by atoms with E-state index < -0.39 is 17.3 Å². The number of alkyl halides is 3. The van der Waals surface area contributed by atoms with E-state index in [1.54, 1.807) is 0 Å². The van der Waals surface area contributed by atoms with Crippen LogP contribution >= 0.6 is 0 Å². The predicted octanol–water partition coefficient (Wildman–Crippen LogP) is 2.63. The molecule has 0 unspecified atom stereocenters. The fourth-order valence-corrected chi connectivity index (χ4v) is 1.18. The molecule has 0 aliphatic rings. The Kier molecular flexibility index (Phi) is 3.10. The van der Waals surface area contributed by atoms with Gasteiger partial charge in [-0.2, -0.15) is 13.2 Å². The number of carbonyl (C=O) groups excluding carboxylic acids is 1. The summed E-state index contributed by atoms with van der Waals surface area (Å²) in [6, 6.07) is 4.03. The smallest absolute Gasteiger partial charge is 0.319 e. The van der Waals surface area contributed by atoms with Gasteiger partial charge in [-0.1, -0.05) is 12.1 Å². The Morgan fingerprint density at radius 2 is 1.56 bits per heavy atom. The predicted molar refractivity (Wildman–Crippen MR) is 54.0 cm³/mol. The van der Waals surface area contributed by atoms with E-state index in [2.05, 4.69) is 0 Å². The summed E-state index contributed by atoms with van der Waals surface area (Å²) in [5.74, 6) is -0.388. The first kappa shape index (κ1) is 12.7. The lowest BCUT2D eigenvalue weighted by molar-refractivity contribution is -0.137. The molecular weight excluding hydrogens is 219 g/mol. The highest BCUT2D eigenvalue weighted by molar-refractivity contribution is 6.02. The van der Waals surface area contributed by atoms with Crippen LogP contribution in [0.2, 0.25) is 0 Å². The lowest BCUT2D eigenvalue weighted by Gasteiger charge is -2.17. The number of benzene rings is 1. The Balaban J connectivity index is 3.01. The zero-order valence-corrected chi connectivity index (χ0v) is 8.93. The highest BCUT2D eigenvalue weighted by Gasteiger charge is 2.31. The first-order valence-corrected chi connectivity index (χ1v) is 4.63. The van der Waals surface area contributed by atoms with Gasteiger partial charge in [-0.15, -0.1) is 0 Å². The maximum atomic E-state index is 12.2. The van der Waals surface area contributed by atoms with Gasteiger partial charge in [-0.25, -0.2) is 0 Å². The number of carbonyl (C=O) groups is 1. The minimum absolute atomic E-state index is 0.181. The molecule has 1 aromatic carbocycles. The van der Waals surface area contributed by atoms with Crippen LogP contribution in [0.15, 0.2) is 24.3 Å². The molecule has 1 rings (SSSR count). The van der Waals surface area contributed by atoms with Crippen LogP contribution in [-0.2, 0) is 6.18 Å². The highest BCUT2D eigenvalue weighted by atomic mass is 19.4. The summed E-state index contributed by atoms with van der Waals surface area (Å²) in [7, 11) is 0. The van der Waals surface area contributed by atoms with E-state index >= 15 is 0 Å². The van der Waals surface area contributed by atoms with Gasteiger partial charge in [0.1, 0.15) is 0 Å². The van der Waals surface area contributed by atoms with Crippen molar-refractivity contribution in [1.29, 1.82) is 0 Å².